The van der Waals surface area contributed by atoms with E-state index in [1.165, 1.54) is 4.90 Å². The molecule has 0 saturated heterocycles. The van der Waals surface area contributed by atoms with Crippen molar-refractivity contribution in [3.8, 4) is 6.07 Å². The highest BCUT2D eigenvalue weighted by molar-refractivity contribution is 6.09. The molecular formula is C13H11N3O3. The molecule has 19 heavy (non-hydrogen) atoms. The number of carbonyl (C=O) groups is 2. The van der Waals surface area contributed by atoms with E-state index >= 15 is 0 Å². The van der Waals surface area contributed by atoms with E-state index in [-0.39, 0.29) is 23.7 Å². The second-order valence-corrected chi connectivity index (χ2v) is 3.94. The fourth-order valence-electron chi connectivity index (χ4n) is 1.83. The van der Waals surface area contributed by atoms with Crippen LogP contribution in [-0.2, 0) is 9.59 Å². The summed E-state index contributed by atoms with van der Waals surface area (Å²) < 4.78 is 0. The number of carboxylic acids is 1. The van der Waals surface area contributed by atoms with Crippen LogP contribution in [0.2, 0.25) is 0 Å². The normalized spacial score (nSPS) is 14.5. The summed E-state index contributed by atoms with van der Waals surface area (Å²) in [4.78, 5) is 24.1. The summed E-state index contributed by atoms with van der Waals surface area (Å²) >= 11 is 0. The van der Waals surface area contributed by atoms with Gasteiger partial charge in [0.15, 0.2) is 0 Å². The molecule has 0 bridgehead atoms. The van der Waals surface area contributed by atoms with Gasteiger partial charge in [0.1, 0.15) is 12.2 Å². The van der Waals surface area contributed by atoms with Crippen LogP contribution in [0.3, 0.4) is 0 Å². The zero-order valence-electron chi connectivity index (χ0n) is 9.96. The predicted molar refractivity (Wildman–Crippen MR) is 67.1 cm³/mol. The number of carboxylic acid groups (broad SMARTS) is 1. The van der Waals surface area contributed by atoms with Crippen LogP contribution in [0, 0.1) is 11.3 Å². The van der Waals surface area contributed by atoms with Gasteiger partial charge in [-0.2, -0.15) is 5.26 Å². The summed E-state index contributed by atoms with van der Waals surface area (Å²) in [7, 11) is 0. The van der Waals surface area contributed by atoms with Gasteiger partial charge in [0.05, 0.1) is 18.2 Å². The van der Waals surface area contributed by atoms with Crippen LogP contribution in [0.4, 0.5) is 5.69 Å². The molecule has 0 radical (unpaired) electrons. The van der Waals surface area contributed by atoms with Crippen LogP contribution >= 0.6 is 0 Å². The van der Waals surface area contributed by atoms with Gasteiger partial charge in [0.25, 0.3) is 5.91 Å². The average Bonchev–Trinajstić information content (AvgIpc) is 2.74. The number of carbonyl (C=O) groups excluding carboxylic acids is 1. The molecule has 6 nitrogen and oxygen atoms in total. The highest BCUT2D eigenvalue weighted by Gasteiger charge is 2.31. The SMILES string of the molecule is N#CC1=C(NCC(=O)O)C(=O)N(c2ccccc2)C1. The number of anilines is 1. The van der Waals surface area contributed by atoms with Crippen molar-refractivity contribution in [2.24, 2.45) is 0 Å². The van der Waals surface area contributed by atoms with Crippen molar-refractivity contribution in [2.75, 3.05) is 18.0 Å². The van der Waals surface area contributed by atoms with Gasteiger partial charge in [-0.25, -0.2) is 0 Å². The molecule has 0 aromatic heterocycles. The lowest BCUT2D eigenvalue weighted by atomic mass is 10.2. The van der Waals surface area contributed by atoms with E-state index in [1.807, 2.05) is 12.1 Å². The summed E-state index contributed by atoms with van der Waals surface area (Å²) in [5.74, 6) is -1.47. The Morgan fingerprint density at radius 3 is 2.68 bits per heavy atom. The van der Waals surface area contributed by atoms with Crippen LogP contribution in [0.5, 0.6) is 0 Å². The lowest BCUT2D eigenvalue weighted by molar-refractivity contribution is -0.135. The van der Waals surface area contributed by atoms with Crippen LogP contribution in [0.1, 0.15) is 0 Å². The third-order valence-electron chi connectivity index (χ3n) is 2.70. The van der Waals surface area contributed by atoms with Crippen molar-refractivity contribution in [3.05, 3.63) is 41.6 Å². The van der Waals surface area contributed by atoms with Gasteiger partial charge in [0.2, 0.25) is 0 Å². The number of para-hydroxylation sites is 1. The van der Waals surface area contributed by atoms with Crippen molar-refractivity contribution in [3.63, 3.8) is 0 Å². The smallest absolute Gasteiger partial charge is 0.322 e. The quantitative estimate of drug-likeness (QED) is 0.818. The number of nitriles is 1. The first kappa shape index (κ1) is 12.6. The fraction of sp³-hybridized carbons (Fsp3) is 0.154. The molecule has 0 fully saturated rings. The zero-order chi connectivity index (χ0) is 13.8. The van der Waals surface area contributed by atoms with Gasteiger partial charge in [-0.15, -0.1) is 0 Å². The Kier molecular flexibility index (Phi) is 3.48. The monoisotopic (exact) mass is 257 g/mol. The Bertz CT molecular complexity index is 587. The Labute approximate surface area is 109 Å². The number of hydrogen-bond acceptors (Lipinski definition) is 4. The van der Waals surface area contributed by atoms with Gasteiger partial charge < -0.3 is 15.3 Å². The van der Waals surface area contributed by atoms with E-state index in [4.69, 9.17) is 10.4 Å². The molecule has 1 aliphatic heterocycles. The summed E-state index contributed by atoms with van der Waals surface area (Å²) in [5.41, 5.74) is 0.983. The summed E-state index contributed by atoms with van der Waals surface area (Å²) in [6, 6.07) is 10.8. The number of benzene rings is 1. The molecule has 0 atom stereocenters. The molecule has 1 aromatic rings. The molecule has 2 rings (SSSR count). The van der Waals surface area contributed by atoms with E-state index in [0.29, 0.717) is 5.69 Å². The lowest BCUT2D eigenvalue weighted by Crippen LogP contribution is -2.32. The number of hydrogen-bond donors (Lipinski definition) is 2. The number of aliphatic carboxylic acids is 1. The third kappa shape index (κ3) is 2.55. The average molecular weight is 257 g/mol. The fourth-order valence-corrected chi connectivity index (χ4v) is 1.83. The lowest BCUT2D eigenvalue weighted by Gasteiger charge is -2.16. The van der Waals surface area contributed by atoms with Gasteiger partial charge in [-0.05, 0) is 12.1 Å². The Morgan fingerprint density at radius 2 is 2.11 bits per heavy atom. The summed E-state index contributed by atoms with van der Waals surface area (Å²) in [5, 5.41) is 20.1. The first-order valence-corrected chi connectivity index (χ1v) is 5.59. The molecule has 1 amide bonds. The third-order valence-corrected chi connectivity index (χ3v) is 2.70. The van der Waals surface area contributed by atoms with Crippen LogP contribution in [0.15, 0.2) is 41.6 Å². The molecule has 1 aromatic carbocycles. The molecule has 0 aliphatic carbocycles. The number of amides is 1. The maximum atomic E-state index is 12.1. The minimum atomic E-state index is -1.09. The minimum Gasteiger partial charge on any atom is -0.480 e. The highest BCUT2D eigenvalue weighted by atomic mass is 16.4. The molecule has 0 unspecified atom stereocenters. The van der Waals surface area contributed by atoms with Crippen molar-refractivity contribution in [2.45, 2.75) is 0 Å². The molecule has 1 aliphatic rings. The minimum absolute atomic E-state index is 0.0637. The Hall–Kier alpha value is -2.81. The molecule has 0 spiro atoms. The van der Waals surface area contributed by atoms with E-state index < -0.39 is 12.5 Å². The van der Waals surface area contributed by atoms with Crippen LogP contribution in [-0.4, -0.2) is 30.1 Å². The molecular weight excluding hydrogens is 246 g/mol. The Morgan fingerprint density at radius 1 is 1.42 bits per heavy atom. The number of nitrogens with one attached hydrogen (secondary N) is 1. The molecule has 96 valence electrons. The maximum absolute atomic E-state index is 12.1. The molecule has 6 heteroatoms. The largest absolute Gasteiger partial charge is 0.480 e. The molecule has 1 heterocycles. The summed E-state index contributed by atoms with van der Waals surface area (Å²) in [6.07, 6.45) is 0. The molecule has 0 saturated carbocycles. The number of rotatable bonds is 4. The number of nitrogens with zero attached hydrogens (tertiary/aromatic N) is 2. The van der Waals surface area contributed by atoms with Crippen molar-refractivity contribution in [1.82, 2.24) is 5.32 Å². The van der Waals surface area contributed by atoms with Gasteiger partial charge in [-0.3, -0.25) is 9.59 Å². The van der Waals surface area contributed by atoms with Crippen molar-refractivity contribution < 1.29 is 14.7 Å². The van der Waals surface area contributed by atoms with Gasteiger partial charge in [0, 0.05) is 5.69 Å². The first-order chi connectivity index (χ1) is 9.13. The van der Waals surface area contributed by atoms with Crippen molar-refractivity contribution >= 4 is 17.6 Å². The van der Waals surface area contributed by atoms with Crippen LogP contribution in [0.25, 0.3) is 0 Å². The standard InChI is InChI=1S/C13H11N3O3/c14-6-9-8-16(10-4-2-1-3-5-10)13(19)12(9)15-7-11(17)18/h1-5,15H,7-8H2,(H,17,18). The summed E-state index contributed by atoms with van der Waals surface area (Å²) in [6.45, 7) is -0.240. The second-order valence-electron chi connectivity index (χ2n) is 3.94. The predicted octanol–water partition coefficient (Wildman–Crippen LogP) is 0.485. The maximum Gasteiger partial charge on any atom is 0.322 e. The van der Waals surface area contributed by atoms with Gasteiger partial charge in [-0.1, -0.05) is 18.2 Å². The first-order valence-electron chi connectivity index (χ1n) is 5.59. The van der Waals surface area contributed by atoms with E-state index in [1.54, 1.807) is 24.3 Å². The van der Waals surface area contributed by atoms with E-state index in [0.717, 1.165) is 0 Å². The topological polar surface area (TPSA) is 93.4 Å². The van der Waals surface area contributed by atoms with Gasteiger partial charge >= 0.3 is 5.97 Å². The van der Waals surface area contributed by atoms with Crippen LogP contribution < -0.4 is 10.2 Å². The Balaban J connectivity index is 2.22. The van der Waals surface area contributed by atoms with Crippen molar-refractivity contribution in [1.29, 1.82) is 5.26 Å². The van der Waals surface area contributed by atoms with E-state index in [9.17, 15) is 9.59 Å². The zero-order valence-corrected chi connectivity index (χ0v) is 9.96. The molecule has 2 N–H and O–H groups in total. The second kappa shape index (κ2) is 5.23. The van der Waals surface area contributed by atoms with E-state index in [2.05, 4.69) is 5.32 Å². The highest BCUT2D eigenvalue weighted by Crippen LogP contribution is 2.23.